The molecule has 0 aliphatic heterocycles. The molecule has 90 valence electrons. The highest BCUT2D eigenvalue weighted by Crippen LogP contribution is 2.33. The lowest BCUT2D eigenvalue weighted by molar-refractivity contribution is 0.467. The minimum Gasteiger partial charge on any atom is -0.506 e. The van der Waals surface area contributed by atoms with Gasteiger partial charge in [0.15, 0.2) is 0 Å². The summed E-state index contributed by atoms with van der Waals surface area (Å²) in [7, 11) is 0. The molecule has 0 aromatic heterocycles. The van der Waals surface area contributed by atoms with Gasteiger partial charge in [-0.2, -0.15) is 0 Å². The summed E-state index contributed by atoms with van der Waals surface area (Å²) in [6.45, 7) is 4.34. The SMILES string of the molecule is CC(C)CC(N)Cc1cc(Br)c(O)c(Br)c1. The number of hydrogen-bond acceptors (Lipinski definition) is 2. The van der Waals surface area contributed by atoms with E-state index in [-0.39, 0.29) is 11.8 Å². The van der Waals surface area contributed by atoms with E-state index in [2.05, 4.69) is 45.7 Å². The van der Waals surface area contributed by atoms with Crippen LogP contribution in [0.15, 0.2) is 21.1 Å². The first-order chi connectivity index (χ1) is 7.40. The van der Waals surface area contributed by atoms with Crippen LogP contribution >= 0.6 is 31.9 Å². The summed E-state index contributed by atoms with van der Waals surface area (Å²) in [4.78, 5) is 0. The molecule has 16 heavy (non-hydrogen) atoms. The number of hydrogen-bond donors (Lipinski definition) is 2. The number of halogens is 2. The number of nitrogens with two attached hydrogens (primary N) is 1. The smallest absolute Gasteiger partial charge is 0.143 e. The third-order valence-electron chi connectivity index (χ3n) is 2.35. The fourth-order valence-electron chi connectivity index (χ4n) is 1.73. The lowest BCUT2D eigenvalue weighted by Crippen LogP contribution is -2.24. The topological polar surface area (TPSA) is 46.2 Å². The minimum absolute atomic E-state index is 0.170. The van der Waals surface area contributed by atoms with Gasteiger partial charge in [0.2, 0.25) is 0 Å². The third kappa shape index (κ3) is 4.07. The van der Waals surface area contributed by atoms with Crippen LogP contribution in [-0.4, -0.2) is 11.1 Å². The zero-order valence-electron chi connectivity index (χ0n) is 9.50. The zero-order valence-corrected chi connectivity index (χ0v) is 12.7. The van der Waals surface area contributed by atoms with Crippen molar-refractivity contribution in [2.75, 3.05) is 0 Å². The molecule has 0 aliphatic rings. The molecule has 4 heteroatoms. The molecule has 2 nitrogen and oxygen atoms in total. The summed E-state index contributed by atoms with van der Waals surface area (Å²) in [6, 6.07) is 4.00. The van der Waals surface area contributed by atoms with Crippen molar-refractivity contribution < 1.29 is 5.11 Å². The van der Waals surface area contributed by atoms with E-state index in [0.717, 1.165) is 18.4 Å². The van der Waals surface area contributed by atoms with Crippen molar-refractivity contribution in [3.8, 4) is 5.75 Å². The lowest BCUT2D eigenvalue weighted by atomic mass is 9.98. The van der Waals surface area contributed by atoms with Crippen LogP contribution in [0.4, 0.5) is 0 Å². The fraction of sp³-hybridized carbons (Fsp3) is 0.500. The van der Waals surface area contributed by atoms with Crippen LogP contribution in [0.25, 0.3) is 0 Å². The average molecular weight is 351 g/mol. The summed E-state index contributed by atoms with van der Waals surface area (Å²) in [5.74, 6) is 0.847. The van der Waals surface area contributed by atoms with Crippen LogP contribution < -0.4 is 5.73 Å². The predicted molar refractivity (Wildman–Crippen MR) is 74.6 cm³/mol. The molecule has 0 heterocycles. The second-order valence-corrected chi connectivity index (χ2v) is 6.21. The molecule has 1 atom stereocenters. The van der Waals surface area contributed by atoms with Gasteiger partial charge in [0.25, 0.3) is 0 Å². The van der Waals surface area contributed by atoms with Gasteiger partial charge in [0.05, 0.1) is 8.95 Å². The van der Waals surface area contributed by atoms with E-state index in [1.165, 1.54) is 0 Å². The first-order valence-corrected chi connectivity index (χ1v) is 6.91. The summed E-state index contributed by atoms with van der Waals surface area (Å²) >= 11 is 6.63. The van der Waals surface area contributed by atoms with Gasteiger partial charge >= 0.3 is 0 Å². The number of phenolic OH excluding ortho intramolecular Hbond substituents is 1. The molecule has 1 rings (SSSR count). The third-order valence-corrected chi connectivity index (χ3v) is 3.56. The Balaban J connectivity index is 2.74. The summed E-state index contributed by atoms with van der Waals surface area (Å²) in [5, 5.41) is 9.59. The molecule has 1 aromatic carbocycles. The molecule has 3 N–H and O–H groups in total. The molecule has 1 unspecified atom stereocenters. The number of rotatable bonds is 4. The molecular formula is C12H17Br2NO. The Hall–Kier alpha value is -0.0600. The highest BCUT2D eigenvalue weighted by molar-refractivity contribution is 9.11. The quantitative estimate of drug-likeness (QED) is 0.866. The molecule has 0 aliphatic carbocycles. The van der Waals surface area contributed by atoms with Gasteiger partial charge in [0.1, 0.15) is 5.75 Å². The Bertz CT molecular complexity index is 343. The van der Waals surface area contributed by atoms with Crippen molar-refractivity contribution in [2.45, 2.75) is 32.7 Å². The van der Waals surface area contributed by atoms with Crippen LogP contribution in [0.3, 0.4) is 0 Å². The molecule has 0 bridgehead atoms. The van der Waals surface area contributed by atoms with Crippen LogP contribution in [0.1, 0.15) is 25.8 Å². The van der Waals surface area contributed by atoms with Crippen LogP contribution in [0, 0.1) is 5.92 Å². The maximum absolute atomic E-state index is 9.59. The van der Waals surface area contributed by atoms with Crippen LogP contribution in [-0.2, 0) is 6.42 Å². The van der Waals surface area contributed by atoms with Gasteiger partial charge in [0, 0.05) is 6.04 Å². The summed E-state index contributed by atoms with van der Waals surface area (Å²) < 4.78 is 1.40. The minimum atomic E-state index is 0.170. The predicted octanol–water partition coefficient (Wildman–Crippen LogP) is 3.83. The Kier molecular flexibility index (Phi) is 5.28. The van der Waals surface area contributed by atoms with E-state index in [1.54, 1.807) is 0 Å². The number of aromatic hydroxyl groups is 1. The van der Waals surface area contributed by atoms with Crippen LogP contribution in [0.2, 0.25) is 0 Å². The fourth-order valence-corrected chi connectivity index (χ4v) is 3.01. The second-order valence-electron chi connectivity index (χ2n) is 4.50. The van der Waals surface area contributed by atoms with Crippen molar-refractivity contribution in [1.29, 1.82) is 0 Å². The van der Waals surface area contributed by atoms with E-state index in [9.17, 15) is 5.11 Å². The average Bonchev–Trinajstić information content (AvgIpc) is 2.12. The molecular weight excluding hydrogens is 334 g/mol. The maximum atomic E-state index is 9.59. The summed E-state index contributed by atoms with van der Waals surface area (Å²) in [6.07, 6.45) is 1.84. The van der Waals surface area contributed by atoms with E-state index >= 15 is 0 Å². The Morgan fingerprint density at radius 2 is 1.75 bits per heavy atom. The molecule has 0 radical (unpaired) electrons. The van der Waals surface area contributed by atoms with Gasteiger partial charge in [-0.1, -0.05) is 13.8 Å². The summed E-state index contributed by atoms with van der Waals surface area (Å²) in [5.41, 5.74) is 7.18. The van der Waals surface area contributed by atoms with Crippen LogP contribution in [0.5, 0.6) is 5.75 Å². The number of benzene rings is 1. The lowest BCUT2D eigenvalue weighted by Gasteiger charge is -2.14. The molecule has 0 saturated carbocycles. The Morgan fingerprint density at radius 1 is 1.25 bits per heavy atom. The van der Waals surface area contributed by atoms with E-state index in [0.29, 0.717) is 14.9 Å². The van der Waals surface area contributed by atoms with Gasteiger partial charge < -0.3 is 10.8 Å². The van der Waals surface area contributed by atoms with Gasteiger partial charge in [-0.05, 0) is 68.3 Å². The highest BCUT2D eigenvalue weighted by atomic mass is 79.9. The van der Waals surface area contributed by atoms with Crippen molar-refractivity contribution in [1.82, 2.24) is 0 Å². The normalized spacial score (nSPS) is 13.1. The Labute approximate surface area is 113 Å². The van der Waals surface area contributed by atoms with Gasteiger partial charge in [-0.15, -0.1) is 0 Å². The zero-order chi connectivity index (χ0) is 12.3. The molecule has 0 saturated heterocycles. The van der Waals surface area contributed by atoms with Gasteiger partial charge in [-0.3, -0.25) is 0 Å². The first kappa shape index (κ1) is 14.0. The first-order valence-electron chi connectivity index (χ1n) is 5.32. The van der Waals surface area contributed by atoms with E-state index < -0.39 is 0 Å². The maximum Gasteiger partial charge on any atom is 0.143 e. The highest BCUT2D eigenvalue weighted by Gasteiger charge is 2.10. The largest absolute Gasteiger partial charge is 0.506 e. The van der Waals surface area contributed by atoms with Crippen molar-refractivity contribution in [3.63, 3.8) is 0 Å². The molecule has 0 amide bonds. The second kappa shape index (κ2) is 6.03. The monoisotopic (exact) mass is 349 g/mol. The van der Waals surface area contributed by atoms with Crippen molar-refractivity contribution in [2.24, 2.45) is 11.7 Å². The molecule has 1 aromatic rings. The van der Waals surface area contributed by atoms with Gasteiger partial charge in [-0.25, -0.2) is 0 Å². The van der Waals surface area contributed by atoms with E-state index in [1.807, 2.05) is 12.1 Å². The standard InChI is InChI=1S/C12H17Br2NO/c1-7(2)3-9(15)4-8-5-10(13)12(16)11(14)6-8/h5-7,9,16H,3-4,15H2,1-2H3. The Morgan fingerprint density at radius 3 is 2.19 bits per heavy atom. The molecule has 0 fully saturated rings. The molecule has 0 spiro atoms. The van der Waals surface area contributed by atoms with E-state index in [4.69, 9.17) is 5.73 Å². The number of phenols is 1. The van der Waals surface area contributed by atoms with Crippen molar-refractivity contribution in [3.05, 3.63) is 26.6 Å². The van der Waals surface area contributed by atoms with Crippen molar-refractivity contribution >= 4 is 31.9 Å².